The van der Waals surface area contributed by atoms with Crippen LogP contribution >= 0.6 is 0 Å². The van der Waals surface area contributed by atoms with Crippen LogP contribution in [0, 0.1) is 5.92 Å². The minimum absolute atomic E-state index is 0.0644. The molecule has 4 N–H and O–H groups in total. The molecule has 17 heavy (non-hydrogen) atoms. The fraction of sp³-hybridized carbons (Fsp3) is 0.500. The van der Waals surface area contributed by atoms with Crippen LogP contribution in [-0.2, 0) is 4.79 Å². The van der Waals surface area contributed by atoms with Crippen LogP contribution in [0.15, 0.2) is 18.3 Å². The molecule has 0 aromatic carbocycles. The van der Waals surface area contributed by atoms with Gasteiger partial charge in [0.1, 0.15) is 5.82 Å². The van der Waals surface area contributed by atoms with Gasteiger partial charge in [-0.15, -0.1) is 0 Å². The topological polar surface area (TPSA) is 80.0 Å². The first-order chi connectivity index (χ1) is 8.08. The molecule has 1 aromatic heterocycles. The van der Waals surface area contributed by atoms with E-state index in [0.717, 1.165) is 12.2 Å². The molecule has 0 spiro atoms. The molecule has 0 fully saturated rings. The quantitative estimate of drug-likeness (QED) is 0.694. The SMILES string of the molecule is CC(C)CNC(=O)CCNc1ccc(N)nc1. The van der Waals surface area contributed by atoms with Crippen LogP contribution in [-0.4, -0.2) is 24.0 Å². The molecule has 1 aromatic rings. The van der Waals surface area contributed by atoms with Gasteiger partial charge in [0.15, 0.2) is 0 Å². The maximum atomic E-state index is 11.4. The number of hydrogen-bond acceptors (Lipinski definition) is 4. The van der Waals surface area contributed by atoms with Gasteiger partial charge in [0.05, 0.1) is 11.9 Å². The number of aromatic nitrogens is 1. The van der Waals surface area contributed by atoms with E-state index in [-0.39, 0.29) is 5.91 Å². The Balaban J connectivity index is 2.19. The van der Waals surface area contributed by atoms with Crippen molar-refractivity contribution in [2.45, 2.75) is 20.3 Å². The van der Waals surface area contributed by atoms with Crippen molar-refractivity contribution in [3.63, 3.8) is 0 Å². The van der Waals surface area contributed by atoms with E-state index in [2.05, 4.69) is 29.5 Å². The molecule has 0 saturated carbocycles. The van der Waals surface area contributed by atoms with Crippen LogP contribution in [0.3, 0.4) is 0 Å². The van der Waals surface area contributed by atoms with Crippen LogP contribution in [0.2, 0.25) is 0 Å². The lowest BCUT2D eigenvalue weighted by molar-refractivity contribution is -0.120. The van der Waals surface area contributed by atoms with Crippen molar-refractivity contribution in [3.05, 3.63) is 18.3 Å². The molecule has 94 valence electrons. The van der Waals surface area contributed by atoms with E-state index in [4.69, 9.17) is 5.73 Å². The minimum atomic E-state index is 0.0644. The smallest absolute Gasteiger partial charge is 0.221 e. The lowest BCUT2D eigenvalue weighted by atomic mass is 10.2. The number of carbonyl (C=O) groups is 1. The normalized spacial score (nSPS) is 10.3. The average Bonchev–Trinajstić information content (AvgIpc) is 2.29. The second-order valence-corrected chi connectivity index (χ2v) is 4.35. The van der Waals surface area contributed by atoms with E-state index in [1.807, 2.05) is 6.07 Å². The molecule has 0 aliphatic rings. The molecule has 0 bridgehead atoms. The third kappa shape index (κ3) is 5.75. The van der Waals surface area contributed by atoms with Gasteiger partial charge in [0.25, 0.3) is 0 Å². The monoisotopic (exact) mass is 236 g/mol. The van der Waals surface area contributed by atoms with Crippen molar-refractivity contribution >= 4 is 17.4 Å². The van der Waals surface area contributed by atoms with E-state index in [1.54, 1.807) is 12.3 Å². The third-order valence-electron chi connectivity index (χ3n) is 2.18. The first-order valence-corrected chi connectivity index (χ1v) is 5.80. The summed E-state index contributed by atoms with van der Waals surface area (Å²) in [7, 11) is 0. The van der Waals surface area contributed by atoms with Crippen molar-refractivity contribution in [1.82, 2.24) is 10.3 Å². The van der Waals surface area contributed by atoms with Gasteiger partial charge in [-0.05, 0) is 18.1 Å². The van der Waals surface area contributed by atoms with Gasteiger partial charge in [0.2, 0.25) is 5.91 Å². The van der Waals surface area contributed by atoms with Crippen molar-refractivity contribution in [2.75, 3.05) is 24.1 Å². The summed E-state index contributed by atoms with van der Waals surface area (Å²) in [5.74, 6) is 1.04. The van der Waals surface area contributed by atoms with Crippen LogP contribution in [0.25, 0.3) is 0 Å². The third-order valence-corrected chi connectivity index (χ3v) is 2.18. The van der Waals surface area contributed by atoms with E-state index < -0.39 is 0 Å². The molecule has 1 amide bonds. The molecule has 0 radical (unpaired) electrons. The Morgan fingerprint density at radius 3 is 2.82 bits per heavy atom. The lowest BCUT2D eigenvalue weighted by Gasteiger charge is -2.08. The first-order valence-electron chi connectivity index (χ1n) is 5.80. The Kier molecular flexibility index (Phi) is 5.26. The van der Waals surface area contributed by atoms with Gasteiger partial charge >= 0.3 is 0 Å². The number of nitrogens with one attached hydrogen (secondary N) is 2. The molecular formula is C12H20N4O. The Morgan fingerprint density at radius 1 is 1.47 bits per heavy atom. The number of nitrogen functional groups attached to an aromatic ring is 1. The molecule has 0 atom stereocenters. The first kappa shape index (κ1) is 13.3. The molecule has 0 aliphatic heterocycles. The van der Waals surface area contributed by atoms with Gasteiger partial charge in [-0.1, -0.05) is 13.8 Å². The van der Waals surface area contributed by atoms with Gasteiger partial charge in [0, 0.05) is 19.5 Å². The zero-order valence-electron chi connectivity index (χ0n) is 10.4. The van der Waals surface area contributed by atoms with Crippen LogP contribution < -0.4 is 16.4 Å². The molecule has 1 rings (SSSR count). The van der Waals surface area contributed by atoms with Gasteiger partial charge in [-0.2, -0.15) is 0 Å². The van der Waals surface area contributed by atoms with Crippen LogP contribution in [0.5, 0.6) is 0 Å². The fourth-order valence-electron chi connectivity index (χ4n) is 1.24. The largest absolute Gasteiger partial charge is 0.384 e. The number of hydrogen-bond donors (Lipinski definition) is 3. The maximum absolute atomic E-state index is 11.4. The summed E-state index contributed by atoms with van der Waals surface area (Å²) in [6.07, 6.45) is 2.11. The Labute approximate surface area is 102 Å². The number of anilines is 2. The van der Waals surface area contributed by atoms with Crippen molar-refractivity contribution in [1.29, 1.82) is 0 Å². The number of nitrogens with two attached hydrogens (primary N) is 1. The highest BCUT2D eigenvalue weighted by atomic mass is 16.1. The van der Waals surface area contributed by atoms with Crippen LogP contribution in [0.4, 0.5) is 11.5 Å². The summed E-state index contributed by atoms with van der Waals surface area (Å²) in [5.41, 5.74) is 6.34. The van der Waals surface area contributed by atoms with E-state index in [0.29, 0.717) is 24.7 Å². The van der Waals surface area contributed by atoms with Crippen molar-refractivity contribution < 1.29 is 4.79 Å². The molecule has 1 heterocycles. The van der Waals surface area contributed by atoms with Gasteiger partial charge in [-0.25, -0.2) is 4.98 Å². The highest BCUT2D eigenvalue weighted by Crippen LogP contribution is 2.06. The predicted molar refractivity (Wildman–Crippen MR) is 69.6 cm³/mol. The summed E-state index contributed by atoms with van der Waals surface area (Å²) < 4.78 is 0. The zero-order chi connectivity index (χ0) is 12.7. The number of pyridine rings is 1. The lowest BCUT2D eigenvalue weighted by Crippen LogP contribution is -2.28. The Morgan fingerprint density at radius 2 is 2.24 bits per heavy atom. The molecule has 5 heteroatoms. The highest BCUT2D eigenvalue weighted by Gasteiger charge is 2.01. The molecule has 5 nitrogen and oxygen atoms in total. The number of rotatable bonds is 6. The minimum Gasteiger partial charge on any atom is -0.384 e. The van der Waals surface area contributed by atoms with E-state index in [1.165, 1.54) is 0 Å². The van der Waals surface area contributed by atoms with Gasteiger partial charge in [-0.3, -0.25) is 4.79 Å². The highest BCUT2D eigenvalue weighted by molar-refractivity contribution is 5.76. The standard InChI is InChI=1S/C12H20N4O/c1-9(2)7-16-12(17)5-6-14-10-3-4-11(13)15-8-10/h3-4,8-9,14H,5-7H2,1-2H3,(H2,13,15)(H,16,17). The number of nitrogens with zero attached hydrogens (tertiary/aromatic N) is 1. The Hall–Kier alpha value is -1.78. The summed E-state index contributed by atoms with van der Waals surface area (Å²) in [6, 6.07) is 3.57. The van der Waals surface area contributed by atoms with Crippen molar-refractivity contribution in [3.8, 4) is 0 Å². The van der Waals surface area contributed by atoms with Gasteiger partial charge < -0.3 is 16.4 Å². The maximum Gasteiger partial charge on any atom is 0.221 e. The fourth-order valence-corrected chi connectivity index (χ4v) is 1.24. The molecule has 0 unspecified atom stereocenters. The summed E-state index contributed by atoms with van der Waals surface area (Å²) in [4.78, 5) is 15.4. The zero-order valence-corrected chi connectivity index (χ0v) is 10.4. The van der Waals surface area contributed by atoms with E-state index >= 15 is 0 Å². The second kappa shape index (κ2) is 6.73. The number of amides is 1. The molecule has 0 aliphatic carbocycles. The molecule has 0 saturated heterocycles. The predicted octanol–water partition coefficient (Wildman–Crippen LogP) is 1.24. The van der Waals surface area contributed by atoms with E-state index in [9.17, 15) is 4.79 Å². The summed E-state index contributed by atoms with van der Waals surface area (Å²) in [6.45, 7) is 5.45. The van der Waals surface area contributed by atoms with Crippen LogP contribution in [0.1, 0.15) is 20.3 Å². The summed E-state index contributed by atoms with van der Waals surface area (Å²) in [5, 5.41) is 5.97. The van der Waals surface area contributed by atoms with Crippen molar-refractivity contribution in [2.24, 2.45) is 5.92 Å². The summed E-state index contributed by atoms with van der Waals surface area (Å²) >= 11 is 0. The number of carbonyl (C=O) groups excluding carboxylic acids is 1. The average molecular weight is 236 g/mol. The Bertz CT molecular complexity index is 348. The molecular weight excluding hydrogens is 216 g/mol. The second-order valence-electron chi connectivity index (χ2n) is 4.35.